The first-order valence-electron chi connectivity index (χ1n) is 4.94. The van der Waals surface area contributed by atoms with Gasteiger partial charge in [-0.15, -0.1) is 0 Å². The molecule has 0 saturated heterocycles. The molecule has 0 radical (unpaired) electrons. The van der Waals surface area contributed by atoms with E-state index in [2.05, 4.69) is 15.3 Å². The molecule has 2 N–H and O–H groups in total. The average molecular weight is 209 g/mol. The monoisotopic (exact) mass is 209 g/mol. The number of rotatable bonds is 5. The summed E-state index contributed by atoms with van der Waals surface area (Å²) in [5, 5.41) is 2.76. The van der Waals surface area contributed by atoms with Crippen molar-refractivity contribution in [3.8, 4) is 0 Å². The van der Waals surface area contributed by atoms with E-state index < -0.39 is 5.92 Å². The Hall–Kier alpha value is -1.65. The molecule has 0 aliphatic rings. The Balaban J connectivity index is 2.62. The van der Waals surface area contributed by atoms with Crippen LogP contribution < -0.4 is 5.32 Å². The van der Waals surface area contributed by atoms with Crippen molar-refractivity contribution in [1.29, 1.82) is 0 Å². The van der Waals surface area contributed by atoms with E-state index in [1.165, 1.54) is 0 Å². The molecule has 1 amide bonds. The maximum Gasteiger partial charge on any atom is 0.230 e. The molecule has 1 aromatic heterocycles. The normalized spacial score (nSPS) is 14.3. The highest BCUT2D eigenvalue weighted by Gasteiger charge is 2.18. The lowest BCUT2D eigenvalue weighted by Gasteiger charge is -2.15. The van der Waals surface area contributed by atoms with Gasteiger partial charge in [-0.3, -0.25) is 4.79 Å². The van der Waals surface area contributed by atoms with E-state index in [4.69, 9.17) is 0 Å². The number of hydrogen-bond acceptors (Lipinski definition) is 3. The molecule has 15 heavy (non-hydrogen) atoms. The van der Waals surface area contributed by atoms with Crippen molar-refractivity contribution < 1.29 is 9.59 Å². The van der Waals surface area contributed by atoms with Crippen LogP contribution in [0.25, 0.3) is 0 Å². The van der Waals surface area contributed by atoms with Gasteiger partial charge in [-0.25, -0.2) is 4.98 Å². The molecule has 1 heterocycles. The first kappa shape index (κ1) is 11.4. The van der Waals surface area contributed by atoms with E-state index in [0.717, 1.165) is 6.42 Å². The van der Waals surface area contributed by atoms with Gasteiger partial charge in [0.1, 0.15) is 12.1 Å². The number of aromatic amines is 1. The van der Waals surface area contributed by atoms with Crippen LogP contribution in [0, 0.1) is 5.92 Å². The van der Waals surface area contributed by atoms with Crippen molar-refractivity contribution in [2.24, 2.45) is 5.92 Å². The highest BCUT2D eigenvalue weighted by Crippen LogP contribution is 2.11. The Kier molecular flexibility index (Phi) is 4.03. The van der Waals surface area contributed by atoms with E-state index >= 15 is 0 Å². The molecule has 2 unspecified atom stereocenters. The van der Waals surface area contributed by atoms with Crippen molar-refractivity contribution in [1.82, 2.24) is 15.3 Å². The number of hydrogen-bond donors (Lipinski definition) is 2. The van der Waals surface area contributed by atoms with Gasteiger partial charge < -0.3 is 15.1 Å². The highest BCUT2D eigenvalue weighted by molar-refractivity contribution is 5.91. The minimum atomic E-state index is -0.617. The maximum absolute atomic E-state index is 11.5. The lowest BCUT2D eigenvalue weighted by Crippen LogP contribution is -2.33. The molecule has 5 nitrogen and oxygen atoms in total. The number of carbonyl (C=O) groups excluding carboxylic acids is 2. The van der Waals surface area contributed by atoms with E-state index in [0.29, 0.717) is 12.1 Å². The van der Waals surface area contributed by atoms with Crippen LogP contribution in [-0.4, -0.2) is 22.2 Å². The summed E-state index contributed by atoms with van der Waals surface area (Å²) in [6.45, 7) is 3.51. The van der Waals surface area contributed by atoms with Crippen molar-refractivity contribution >= 4 is 12.2 Å². The number of aromatic nitrogens is 2. The number of amides is 1. The average Bonchev–Trinajstić information content (AvgIpc) is 2.77. The molecular weight excluding hydrogens is 194 g/mol. The van der Waals surface area contributed by atoms with Crippen molar-refractivity contribution in [2.45, 2.75) is 26.3 Å². The second-order valence-corrected chi connectivity index (χ2v) is 3.37. The first-order chi connectivity index (χ1) is 7.19. The summed E-state index contributed by atoms with van der Waals surface area (Å²) in [5.41, 5.74) is 0. The summed E-state index contributed by atoms with van der Waals surface area (Å²) < 4.78 is 0. The fourth-order valence-electron chi connectivity index (χ4n) is 1.20. The van der Waals surface area contributed by atoms with E-state index in [1.54, 1.807) is 19.3 Å². The highest BCUT2D eigenvalue weighted by atomic mass is 16.2. The standard InChI is InChI=1S/C10H15N3O2/c1-3-8(9-11-4-5-12-9)13-10(15)7(2)6-14/h4-8H,3H2,1-2H3,(H,11,12)(H,13,15). The number of nitrogens with zero attached hydrogens (tertiary/aromatic N) is 1. The minimum absolute atomic E-state index is 0.158. The molecule has 0 spiro atoms. The predicted molar refractivity (Wildman–Crippen MR) is 55.0 cm³/mol. The van der Waals surface area contributed by atoms with Gasteiger partial charge in [-0.05, 0) is 13.3 Å². The Morgan fingerprint density at radius 3 is 2.93 bits per heavy atom. The fraction of sp³-hybridized carbons (Fsp3) is 0.500. The molecule has 0 saturated carbocycles. The number of imidazole rings is 1. The summed E-state index contributed by atoms with van der Waals surface area (Å²) in [6, 6.07) is -0.158. The molecule has 0 bridgehead atoms. The van der Waals surface area contributed by atoms with Crippen molar-refractivity contribution in [2.75, 3.05) is 0 Å². The van der Waals surface area contributed by atoms with Gasteiger partial charge in [0.05, 0.1) is 12.0 Å². The van der Waals surface area contributed by atoms with Gasteiger partial charge in [0.2, 0.25) is 5.91 Å². The smallest absolute Gasteiger partial charge is 0.230 e. The summed E-state index contributed by atoms with van der Waals surface area (Å²) in [4.78, 5) is 28.9. The van der Waals surface area contributed by atoms with Gasteiger partial charge in [-0.2, -0.15) is 0 Å². The van der Waals surface area contributed by atoms with Crippen LogP contribution in [0.2, 0.25) is 0 Å². The Bertz CT molecular complexity index is 321. The maximum atomic E-state index is 11.5. The zero-order chi connectivity index (χ0) is 11.3. The van der Waals surface area contributed by atoms with Gasteiger partial charge >= 0.3 is 0 Å². The predicted octanol–water partition coefficient (Wildman–Crippen LogP) is 0.812. The lowest BCUT2D eigenvalue weighted by atomic mass is 10.1. The van der Waals surface area contributed by atoms with Crippen LogP contribution in [0.15, 0.2) is 12.4 Å². The quantitative estimate of drug-likeness (QED) is 0.556. The van der Waals surface area contributed by atoms with Gasteiger partial charge in [0.15, 0.2) is 0 Å². The Labute approximate surface area is 88.3 Å². The van der Waals surface area contributed by atoms with Crippen molar-refractivity contribution in [3.63, 3.8) is 0 Å². The molecule has 0 fully saturated rings. The van der Waals surface area contributed by atoms with Gasteiger partial charge in [-0.1, -0.05) is 6.92 Å². The summed E-state index contributed by atoms with van der Waals surface area (Å²) in [5.74, 6) is -0.175. The second kappa shape index (κ2) is 5.29. The third-order valence-corrected chi connectivity index (χ3v) is 2.19. The molecule has 2 atom stereocenters. The fourth-order valence-corrected chi connectivity index (χ4v) is 1.20. The number of carbonyl (C=O) groups is 2. The van der Waals surface area contributed by atoms with Gasteiger partial charge in [0.25, 0.3) is 0 Å². The summed E-state index contributed by atoms with van der Waals surface area (Å²) in [6.07, 6.45) is 4.69. The SMILES string of the molecule is CCC(NC(=O)C(C)C=O)c1ncc[nH]1. The van der Waals surface area contributed by atoms with Crippen LogP contribution in [-0.2, 0) is 9.59 Å². The topological polar surface area (TPSA) is 74.8 Å². The Morgan fingerprint density at radius 1 is 1.73 bits per heavy atom. The Morgan fingerprint density at radius 2 is 2.47 bits per heavy atom. The number of aldehydes is 1. The van der Waals surface area contributed by atoms with E-state index in [-0.39, 0.29) is 11.9 Å². The second-order valence-electron chi connectivity index (χ2n) is 3.37. The van der Waals surface area contributed by atoms with E-state index in [9.17, 15) is 9.59 Å². The summed E-state index contributed by atoms with van der Waals surface area (Å²) >= 11 is 0. The summed E-state index contributed by atoms with van der Waals surface area (Å²) in [7, 11) is 0. The van der Waals surface area contributed by atoms with E-state index in [1.807, 2.05) is 6.92 Å². The van der Waals surface area contributed by atoms with Gasteiger partial charge in [0, 0.05) is 12.4 Å². The van der Waals surface area contributed by atoms with Crippen LogP contribution in [0.4, 0.5) is 0 Å². The zero-order valence-electron chi connectivity index (χ0n) is 8.86. The van der Waals surface area contributed by atoms with Crippen LogP contribution in [0.1, 0.15) is 32.1 Å². The molecule has 1 rings (SSSR count). The first-order valence-corrected chi connectivity index (χ1v) is 4.94. The molecule has 5 heteroatoms. The van der Waals surface area contributed by atoms with Crippen molar-refractivity contribution in [3.05, 3.63) is 18.2 Å². The molecule has 0 aliphatic heterocycles. The largest absolute Gasteiger partial charge is 0.347 e. The molecule has 0 aliphatic carbocycles. The lowest BCUT2D eigenvalue weighted by molar-refractivity contribution is -0.129. The minimum Gasteiger partial charge on any atom is -0.347 e. The van der Waals surface area contributed by atoms with Crippen LogP contribution in [0.3, 0.4) is 0 Å². The van der Waals surface area contributed by atoms with Crippen LogP contribution in [0.5, 0.6) is 0 Å². The number of nitrogens with one attached hydrogen (secondary N) is 2. The third kappa shape index (κ3) is 2.90. The third-order valence-electron chi connectivity index (χ3n) is 2.19. The number of H-pyrrole nitrogens is 1. The molecule has 0 aromatic carbocycles. The van der Waals surface area contributed by atoms with Crippen LogP contribution >= 0.6 is 0 Å². The molecule has 1 aromatic rings. The molecular formula is C10H15N3O2. The zero-order valence-corrected chi connectivity index (χ0v) is 8.86. The molecule has 82 valence electrons.